The molecule has 2 N–H and O–H groups in total. The predicted molar refractivity (Wildman–Crippen MR) is 62.8 cm³/mol. The maximum atomic E-state index is 11.8. The third-order valence-corrected chi connectivity index (χ3v) is 2.89. The maximum absolute atomic E-state index is 11.8. The zero-order valence-corrected chi connectivity index (χ0v) is 9.71. The molecule has 0 spiro atoms. The summed E-state index contributed by atoms with van der Waals surface area (Å²) in [7, 11) is 1.97. The number of nitrogens with zero attached hydrogens (tertiary/aromatic N) is 1. The average molecular weight is 219 g/mol. The molecule has 1 saturated heterocycles. The number of hydrogen-bond donors (Lipinski definition) is 2. The molecule has 0 unspecified atom stereocenters. The first kappa shape index (κ1) is 11.0. The summed E-state index contributed by atoms with van der Waals surface area (Å²) < 4.78 is 1.97. The lowest BCUT2D eigenvalue weighted by Gasteiger charge is -2.21. The lowest BCUT2D eigenvalue weighted by atomic mass is 10.0. The average Bonchev–Trinajstić information content (AvgIpc) is 2.58. The van der Waals surface area contributed by atoms with E-state index in [2.05, 4.69) is 10.6 Å². The van der Waals surface area contributed by atoms with Crippen LogP contribution in [0.15, 0.2) is 29.6 Å². The summed E-state index contributed by atoms with van der Waals surface area (Å²) in [6.07, 6.45) is 3.98. The number of nitrogens with one attached hydrogen (secondary N) is 2. The van der Waals surface area contributed by atoms with Crippen LogP contribution in [-0.2, 0) is 18.4 Å². The Morgan fingerprint density at radius 1 is 1.56 bits per heavy atom. The summed E-state index contributed by atoms with van der Waals surface area (Å²) in [5.74, 6) is 0.0420. The second-order valence-electron chi connectivity index (χ2n) is 4.20. The molecule has 1 fully saturated rings. The highest BCUT2D eigenvalue weighted by Gasteiger charge is 2.15. The first-order chi connectivity index (χ1) is 7.66. The van der Waals surface area contributed by atoms with Crippen LogP contribution in [0.25, 0.3) is 0 Å². The van der Waals surface area contributed by atoms with Gasteiger partial charge in [-0.1, -0.05) is 0 Å². The van der Waals surface area contributed by atoms with Crippen LogP contribution >= 0.6 is 0 Å². The molecule has 4 heteroatoms. The summed E-state index contributed by atoms with van der Waals surface area (Å²) in [6.45, 7) is 4.18. The molecule has 0 saturated carbocycles. The van der Waals surface area contributed by atoms with Crippen molar-refractivity contribution < 1.29 is 4.79 Å². The molecule has 0 radical (unpaired) electrons. The van der Waals surface area contributed by atoms with Gasteiger partial charge in [-0.25, -0.2) is 0 Å². The molecule has 1 aromatic heterocycles. The molecule has 1 aliphatic heterocycles. The number of aryl methyl sites for hydroxylation is 1. The first-order valence-electron chi connectivity index (χ1n) is 5.45. The molecule has 16 heavy (non-hydrogen) atoms. The smallest absolute Gasteiger partial charge is 0.247 e. The van der Waals surface area contributed by atoms with Crippen LogP contribution in [0, 0.1) is 0 Å². The van der Waals surface area contributed by atoms with Crippen LogP contribution in [0.3, 0.4) is 0 Å². The first-order valence-corrected chi connectivity index (χ1v) is 5.45. The molecule has 86 valence electrons. The molecule has 2 rings (SSSR count). The van der Waals surface area contributed by atoms with E-state index in [-0.39, 0.29) is 5.91 Å². The number of rotatable bonds is 3. The van der Waals surface area contributed by atoms with E-state index in [1.807, 2.05) is 37.0 Å². The van der Waals surface area contributed by atoms with Gasteiger partial charge in [-0.05, 0) is 24.1 Å². The van der Waals surface area contributed by atoms with E-state index in [9.17, 15) is 4.79 Å². The predicted octanol–water partition coefficient (Wildman–Crippen LogP) is 0.561. The van der Waals surface area contributed by atoms with Gasteiger partial charge in [0.1, 0.15) is 0 Å². The minimum Gasteiger partial charge on any atom is -0.357 e. The standard InChI is InChI=1S/C12H17N3O/c1-9(11-6-13-7-11)12(16)14-5-10-3-4-15(2)8-10/h3-4,8,13H,5-7H2,1-2H3,(H,14,16). The van der Waals surface area contributed by atoms with Crippen molar-refractivity contribution >= 4 is 5.91 Å². The van der Waals surface area contributed by atoms with Gasteiger partial charge in [-0.3, -0.25) is 4.79 Å². The van der Waals surface area contributed by atoms with Crippen molar-refractivity contribution in [3.05, 3.63) is 35.2 Å². The van der Waals surface area contributed by atoms with Gasteiger partial charge in [-0.15, -0.1) is 0 Å². The van der Waals surface area contributed by atoms with Gasteiger partial charge in [0.05, 0.1) is 0 Å². The largest absolute Gasteiger partial charge is 0.357 e. The SMILES string of the molecule is CC(C(=O)NCc1ccn(C)c1)=C1CNC1. The monoisotopic (exact) mass is 219 g/mol. The van der Waals surface area contributed by atoms with Crippen molar-refractivity contribution in [1.82, 2.24) is 15.2 Å². The Kier molecular flexibility index (Phi) is 3.10. The molecule has 1 aromatic rings. The van der Waals surface area contributed by atoms with E-state index < -0.39 is 0 Å². The Hall–Kier alpha value is -1.55. The lowest BCUT2D eigenvalue weighted by molar-refractivity contribution is -0.117. The molecular formula is C12H17N3O. The van der Waals surface area contributed by atoms with Crippen molar-refractivity contribution in [2.75, 3.05) is 13.1 Å². The fraction of sp³-hybridized carbons (Fsp3) is 0.417. The van der Waals surface area contributed by atoms with Crippen molar-refractivity contribution in [3.63, 3.8) is 0 Å². The van der Waals surface area contributed by atoms with E-state index in [1.54, 1.807) is 0 Å². The van der Waals surface area contributed by atoms with Gasteiger partial charge in [0.2, 0.25) is 5.91 Å². The molecule has 1 amide bonds. The fourth-order valence-corrected chi connectivity index (χ4v) is 1.66. The highest BCUT2D eigenvalue weighted by molar-refractivity contribution is 5.93. The number of aromatic nitrogens is 1. The van der Waals surface area contributed by atoms with E-state index in [0.717, 1.165) is 24.2 Å². The van der Waals surface area contributed by atoms with Gasteiger partial charge in [-0.2, -0.15) is 0 Å². The fourth-order valence-electron chi connectivity index (χ4n) is 1.66. The van der Waals surface area contributed by atoms with Gasteiger partial charge in [0.15, 0.2) is 0 Å². The molecule has 0 aromatic carbocycles. The molecule has 4 nitrogen and oxygen atoms in total. The Bertz CT molecular complexity index is 425. The highest BCUT2D eigenvalue weighted by atomic mass is 16.1. The second kappa shape index (κ2) is 4.53. The van der Waals surface area contributed by atoms with Gasteiger partial charge >= 0.3 is 0 Å². The van der Waals surface area contributed by atoms with Crippen LogP contribution in [0.4, 0.5) is 0 Å². The van der Waals surface area contributed by atoms with Crippen molar-refractivity contribution in [3.8, 4) is 0 Å². The number of carbonyl (C=O) groups is 1. The number of carbonyl (C=O) groups excluding carboxylic acids is 1. The van der Waals surface area contributed by atoms with Gasteiger partial charge < -0.3 is 15.2 Å². The molecule has 1 aliphatic rings. The molecule has 0 atom stereocenters. The van der Waals surface area contributed by atoms with E-state index >= 15 is 0 Å². The van der Waals surface area contributed by atoms with Crippen molar-refractivity contribution in [2.45, 2.75) is 13.5 Å². The van der Waals surface area contributed by atoms with Gasteiger partial charge in [0.25, 0.3) is 0 Å². The Labute approximate surface area is 95.3 Å². The highest BCUT2D eigenvalue weighted by Crippen LogP contribution is 2.09. The zero-order valence-electron chi connectivity index (χ0n) is 9.71. The molecule has 2 heterocycles. The quantitative estimate of drug-likeness (QED) is 0.730. The summed E-state index contributed by atoms with van der Waals surface area (Å²) in [6, 6.07) is 2.01. The summed E-state index contributed by atoms with van der Waals surface area (Å²) in [4.78, 5) is 11.8. The Balaban J connectivity index is 1.88. The molecular weight excluding hydrogens is 202 g/mol. The summed E-state index contributed by atoms with van der Waals surface area (Å²) in [5, 5.41) is 6.06. The van der Waals surface area contributed by atoms with Crippen LogP contribution in [0.2, 0.25) is 0 Å². The zero-order chi connectivity index (χ0) is 11.5. The molecule has 0 aliphatic carbocycles. The van der Waals surface area contributed by atoms with E-state index in [1.165, 1.54) is 5.57 Å². The third-order valence-electron chi connectivity index (χ3n) is 2.89. The Morgan fingerprint density at radius 2 is 2.31 bits per heavy atom. The van der Waals surface area contributed by atoms with Gasteiger partial charge in [0, 0.05) is 44.6 Å². The summed E-state index contributed by atoms with van der Waals surface area (Å²) in [5.41, 5.74) is 3.20. The maximum Gasteiger partial charge on any atom is 0.247 e. The molecule has 0 bridgehead atoms. The van der Waals surface area contributed by atoms with Crippen molar-refractivity contribution in [1.29, 1.82) is 0 Å². The van der Waals surface area contributed by atoms with Crippen LogP contribution in [0.1, 0.15) is 12.5 Å². The van der Waals surface area contributed by atoms with Crippen LogP contribution in [0.5, 0.6) is 0 Å². The van der Waals surface area contributed by atoms with Crippen LogP contribution < -0.4 is 10.6 Å². The van der Waals surface area contributed by atoms with E-state index in [4.69, 9.17) is 0 Å². The summed E-state index contributed by atoms with van der Waals surface area (Å²) >= 11 is 0. The normalized spacial score (nSPS) is 14.5. The van der Waals surface area contributed by atoms with Crippen molar-refractivity contribution in [2.24, 2.45) is 7.05 Å². The van der Waals surface area contributed by atoms with E-state index in [0.29, 0.717) is 6.54 Å². The van der Waals surface area contributed by atoms with Crippen LogP contribution in [-0.4, -0.2) is 23.6 Å². The number of hydrogen-bond acceptors (Lipinski definition) is 2. The minimum atomic E-state index is 0.0420. The number of amides is 1. The third kappa shape index (κ3) is 2.33. The second-order valence-corrected chi connectivity index (χ2v) is 4.20. The lowest BCUT2D eigenvalue weighted by Crippen LogP contribution is -2.37. The topological polar surface area (TPSA) is 46.1 Å². The Morgan fingerprint density at radius 3 is 2.81 bits per heavy atom. The minimum absolute atomic E-state index is 0.0420.